The van der Waals surface area contributed by atoms with Gasteiger partial charge in [-0.3, -0.25) is 5.01 Å². The monoisotopic (exact) mass is 231 g/mol. The Bertz CT molecular complexity index is 187. The lowest BCUT2D eigenvalue weighted by atomic mass is 10.1. The highest BCUT2D eigenvalue weighted by molar-refractivity contribution is 9.10. The van der Waals surface area contributed by atoms with E-state index in [0.29, 0.717) is 0 Å². The summed E-state index contributed by atoms with van der Waals surface area (Å²) in [5.41, 5.74) is 1.14. The molecule has 0 spiro atoms. The largest absolute Gasteiger partial charge is 0.290 e. The van der Waals surface area contributed by atoms with E-state index in [4.69, 9.17) is 0 Å². The van der Waals surface area contributed by atoms with Crippen molar-refractivity contribution in [3.63, 3.8) is 0 Å². The van der Waals surface area contributed by atoms with E-state index in [1.165, 1.54) is 12.8 Å². The summed E-state index contributed by atoms with van der Waals surface area (Å²) in [5.74, 6) is 0. The second-order valence-electron chi connectivity index (χ2n) is 3.41. The Morgan fingerprint density at radius 2 is 2.33 bits per heavy atom. The third-order valence-corrected chi connectivity index (χ3v) is 2.90. The maximum atomic E-state index is 4.43. The van der Waals surface area contributed by atoms with Crippen molar-refractivity contribution >= 4 is 21.6 Å². The molecule has 0 aromatic heterocycles. The van der Waals surface area contributed by atoms with E-state index in [0.717, 1.165) is 12.3 Å². The first-order valence-electron chi connectivity index (χ1n) is 4.43. The van der Waals surface area contributed by atoms with Gasteiger partial charge in [-0.2, -0.15) is 5.10 Å². The number of unbranched alkanes of at least 4 members (excludes halogenated alkanes) is 1. The molecule has 12 heavy (non-hydrogen) atoms. The van der Waals surface area contributed by atoms with Crippen molar-refractivity contribution in [2.75, 3.05) is 6.54 Å². The lowest BCUT2D eigenvalue weighted by Crippen LogP contribution is -2.24. The summed E-state index contributed by atoms with van der Waals surface area (Å²) in [6.45, 7) is 9.54. The zero-order valence-electron chi connectivity index (χ0n) is 7.97. The molecule has 1 radical (unpaired) electrons. The van der Waals surface area contributed by atoms with Gasteiger partial charge in [-0.05, 0) is 20.3 Å². The smallest absolute Gasteiger partial charge is 0.0911 e. The summed E-state index contributed by atoms with van der Waals surface area (Å²) in [4.78, 5) is 0. The molecular weight excluding hydrogens is 216 g/mol. The van der Waals surface area contributed by atoms with Gasteiger partial charge in [0.15, 0.2) is 0 Å². The van der Waals surface area contributed by atoms with Crippen molar-refractivity contribution in [2.24, 2.45) is 5.10 Å². The van der Waals surface area contributed by atoms with E-state index in [-0.39, 0.29) is 4.32 Å². The van der Waals surface area contributed by atoms with Crippen LogP contribution in [0.3, 0.4) is 0 Å². The number of halogens is 1. The highest BCUT2D eigenvalue weighted by Crippen LogP contribution is 2.30. The van der Waals surface area contributed by atoms with Crippen LogP contribution in [0.1, 0.15) is 33.6 Å². The minimum absolute atomic E-state index is 0.0132. The average molecular weight is 232 g/mol. The van der Waals surface area contributed by atoms with E-state index < -0.39 is 0 Å². The van der Waals surface area contributed by atoms with Crippen molar-refractivity contribution in [3.05, 3.63) is 6.54 Å². The molecule has 0 saturated heterocycles. The molecule has 1 rings (SSSR count). The standard InChI is InChI=1S/C9H16BrN2/c1-4-5-6-12-7-9(3,10)8(2)11-12/h7H,4-6H2,1-3H3. The van der Waals surface area contributed by atoms with Crippen LogP contribution < -0.4 is 0 Å². The van der Waals surface area contributed by atoms with Crippen LogP contribution >= 0.6 is 15.9 Å². The first-order chi connectivity index (χ1) is 5.56. The number of hydrogen-bond acceptors (Lipinski definition) is 2. The second kappa shape index (κ2) is 3.77. The van der Waals surface area contributed by atoms with Gasteiger partial charge in [0, 0.05) is 6.54 Å². The van der Waals surface area contributed by atoms with Gasteiger partial charge >= 0.3 is 0 Å². The minimum atomic E-state index is -0.0132. The molecule has 1 atom stereocenters. The van der Waals surface area contributed by atoms with Crippen LogP contribution in [0.4, 0.5) is 0 Å². The fourth-order valence-electron chi connectivity index (χ4n) is 1.13. The first-order valence-corrected chi connectivity index (χ1v) is 5.23. The Kier molecular flexibility index (Phi) is 3.16. The molecule has 69 valence electrons. The maximum Gasteiger partial charge on any atom is 0.0911 e. The minimum Gasteiger partial charge on any atom is -0.290 e. The van der Waals surface area contributed by atoms with E-state index >= 15 is 0 Å². The number of rotatable bonds is 3. The summed E-state index contributed by atoms with van der Waals surface area (Å²) in [5, 5.41) is 6.46. The van der Waals surface area contributed by atoms with Gasteiger partial charge in [0.1, 0.15) is 0 Å². The topological polar surface area (TPSA) is 15.6 Å². The Labute approximate surface area is 83.1 Å². The third-order valence-electron chi connectivity index (χ3n) is 2.12. The van der Waals surface area contributed by atoms with Crippen LogP contribution in [0.15, 0.2) is 5.10 Å². The van der Waals surface area contributed by atoms with Crippen molar-refractivity contribution in [3.8, 4) is 0 Å². The van der Waals surface area contributed by atoms with Gasteiger partial charge in [-0.15, -0.1) is 0 Å². The fraction of sp³-hybridized carbons (Fsp3) is 0.778. The molecule has 1 unspecified atom stereocenters. The predicted molar refractivity (Wildman–Crippen MR) is 56.4 cm³/mol. The molecule has 0 aromatic carbocycles. The third kappa shape index (κ3) is 2.22. The fourth-order valence-corrected chi connectivity index (χ4v) is 1.44. The molecular formula is C9H16BrN2. The number of hydrazone groups is 1. The Morgan fingerprint density at radius 3 is 2.75 bits per heavy atom. The second-order valence-corrected chi connectivity index (χ2v) is 5.05. The zero-order valence-corrected chi connectivity index (χ0v) is 9.56. The van der Waals surface area contributed by atoms with Crippen LogP contribution in [0.25, 0.3) is 0 Å². The van der Waals surface area contributed by atoms with Crippen LogP contribution in [0, 0.1) is 6.54 Å². The Morgan fingerprint density at radius 1 is 1.67 bits per heavy atom. The molecule has 0 N–H and O–H groups in total. The van der Waals surface area contributed by atoms with Crippen molar-refractivity contribution in [2.45, 2.75) is 37.9 Å². The van der Waals surface area contributed by atoms with Gasteiger partial charge in [0.2, 0.25) is 0 Å². The lowest BCUT2D eigenvalue weighted by Gasteiger charge is -2.17. The maximum absolute atomic E-state index is 4.43. The van der Waals surface area contributed by atoms with E-state index in [2.05, 4.69) is 48.3 Å². The first kappa shape index (κ1) is 10.0. The molecule has 1 aliphatic heterocycles. The predicted octanol–water partition coefficient (Wildman–Crippen LogP) is 2.79. The van der Waals surface area contributed by atoms with Crippen LogP contribution in [0.2, 0.25) is 0 Å². The molecule has 0 amide bonds. The van der Waals surface area contributed by atoms with Crippen LogP contribution in [-0.2, 0) is 0 Å². The molecule has 0 bridgehead atoms. The number of alkyl halides is 1. The highest BCUT2D eigenvalue weighted by atomic mass is 79.9. The molecule has 3 heteroatoms. The van der Waals surface area contributed by atoms with Crippen molar-refractivity contribution in [1.29, 1.82) is 0 Å². The Balaban J connectivity index is 2.44. The summed E-state index contributed by atoms with van der Waals surface area (Å²) >= 11 is 3.61. The van der Waals surface area contributed by atoms with E-state index in [1.807, 2.05) is 5.01 Å². The SMILES string of the molecule is CCCCN1[CH]C(C)(Br)C(C)=N1. The normalized spacial score (nSPS) is 29.3. The zero-order chi connectivity index (χ0) is 9.19. The average Bonchev–Trinajstić information content (AvgIpc) is 2.22. The van der Waals surface area contributed by atoms with Gasteiger partial charge < -0.3 is 0 Å². The van der Waals surface area contributed by atoms with Gasteiger partial charge in [-0.1, -0.05) is 29.3 Å². The summed E-state index contributed by atoms with van der Waals surface area (Å²) in [6.07, 6.45) is 2.42. The number of hydrogen-bond donors (Lipinski definition) is 0. The Hall–Kier alpha value is -0.0500. The highest BCUT2D eigenvalue weighted by Gasteiger charge is 2.33. The molecule has 0 fully saturated rings. The summed E-state index contributed by atoms with van der Waals surface area (Å²) in [6, 6.07) is 0. The van der Waals surface area contributed by atoms with Gasteiger partial charge in [0.25, 0.3) is 0 Å². The van der Waals surface area contributed by atoms with Gasteiger partial charge in [-0.25, -0.2) is 0 Å². The van der Waals surface area contributed by atoms with Crippen molar-refractivity contribution < 1.29 is 0 Å². The lowest BCUT2D eigenvalue weighted by molar-refractivity contribution is 0.356. The quantitative estimate of drug-likeness (QED) is 0.683. The van der Waals surface area contributed by atoms with E-state index in [1.54, 1.807) is 0 Å². The van der Waals surface area contributed by atoms with Gasteiger partial charge in [0.05, 0.1) is 16.6 Å². The summed E-state index contributed by atoms with van der Waals surface area (Å²) in [7, 11) is 0. The van der Waals surface area contributed by atoms with Crippen molar-refractivity contribution in [1.82, 2.24) is 5.01 Å². The summed E-state index contributed by atoms with van der Waals surface area (Å²) < 4.78 is -0.0132. The van der Waals surface area contributed by atoms with E-state index in [9.17, 15) is 0 Å². The molecule has 0 aliphatic carbocycles. The van der Waals surface area contributed by atoms with Crippen LogP contribution in [0.5, 0.6) is 0 Å². The molecule has 1 heterocycles. The molecule has 2 nitrogen and oxygen atoms in total. The molecule has 1 aliphatic rings. The molecule has 0 aromatic rings. The molecule has 0 saturated carbocycles. The number of nitrogens with zero attached hydrogens (tertiary/aromatic N) is 2. The van der Waals surface area contributed by atoms with Crippen LogP contribution in [-0.4, -0.2) is 21.6 Å².